The molecule has 0 aromatic heterocycles. The van der Waals surface area contributed by atoms with Crippen molar-refractivity contribution < 1.29 is 22.3 Å². The summed E-state index contributed by atoms with van der Waals surface area (Å²) in [6.07, 6.45) is -4.74. The molecule has 0 fully saturated rings. The fourth-order valence-electron chi connectivity index (χ4n) is 1.81. The van der Waals surface area contributed by atoms with Gasteiger partial charge in [-0.05, 0) is 58.5 Å². The van der Waals surface area contributed by atoms with Gasteiger partial charge in [-0.1, -0.05) is 12.1 Å². The van der Waals surface area contributed by atoms with Crippen LogP contribution in [0.4, 0.5) is 17.6 Å². The SMILES string of the molecule is N[C@@H](c1ccc(OC(F)(F)F)cc1)c1cc(I)ccc1F. The molecule has 7 heteroatoms. The zero-order valence-electron chi connectivity index (χ0n) is 10.5. The van der Waals surface area contributed by atoms with Gasteiger partial charge in [0.25, 0.3) is 0 Å². The molecule has 0 radical (unpaired) electrons. The zero-order valence-corrected chi connectivity index (χ0v) is 12.7. The highest BCUT2D eigenvalue weighted by Crippen LogP contribution is 2.27. The Morgan fingerprint density at radius 3 is 2.24 bits per heavy atom. The van der Waals surface area contributed by atoms with Gasteiger partial charge in [-0.3, -0.25) is 0 Å². The van der Waals surface area contributed by atoms with Crippen LogP contribution in [0.15, 0.2) is 42.5 Å². The Morgan fingerprint density at radius 2 is 1.67 bits per heavy atom. The Bertz CT molecular complexity index is 628. The van der Waals surface area contributed by atoms with Gasteiger partial charge in [0.05, 0.1) is 6.04 Å². The predicted molar refractivity (Wildman–Crippen MR) is 78.3 cm³/mol. The second kappa shape index (κ2) is 6.18. The molecule has 0 saturated heterocycles. The van der Waals surface area contributed by atoms with E-state index in [0.717, 1.165) is 15.7 Å². The van der Waals surface area contributed by atoms with Crippen LogP contribution in [0.1, 0.15) is 17.2 Å². The van der Waals surface area contributed by atoms with Crippen molar-refractivity contribution in [3.63, 3.8) is 0 Å². The van der Waals surface area contributed by atoms with Gasteiger partial charge in [-0.15, -0.1) is 13.2 Å². The number of nitrogens with two attached hydrogens (primary N) is 1. The second-order valence-electron chi connectivity index (χ2n) is 4.26. The summed E-state index contributed by atoms with van der Waals surface area (Å²) < 4.78 is 54.5. The van der Waals surface area contributed by atoms with E-state index in [1.165, 1.54) is 18.2 Å². The van der Waals surface area contributed by atoms with E-state index in [9.17, 15) is 17.6 Å². The third-order valence-electron chi connectivity index (χ3n) is 2.77. The third kappa shape index (κ3) is 4.31. The lowest BCUT2D eigenvalue weighted by Gasteiger charge is -2.15. The average molecular weight is 411 g/mol. The molecule has 2 N–H and O–H groups in total. The largest absolute Gasteiger partial charge is 0.573 e. The molecule has 0 heterocycles. The molecular formula is C14H10F4INO. The standard InChI is InChI=1S/C14H10F4INO/c15-12-6-3-9(19)7-11(12)13(20)8-1-4-10(5-2-8)21-14(16,17)18/h1-7,13H,20H2/t13-/m0/s1. The number of rotatable bonds is 3. The van der Waals surface area contributed by atoms with Crippen molar-refractivity contribution in [1.29, 1.82) is 0 Å². The van der Waals surface area contributed by atoms with E-state index in [-0.39, 0.29) is 11.3 Å². The molecule has 0 spiro atoms. The second-order valence-corrected chi connectivity index (χ2v) is 5.51. The van der Waals surface area contributed by atoms with Crippen LogP contribution in [0.25, 0.3) is 0 Å². The van der Waals surface area contributed by atoms with Crippen LogP contribution in [0.5, 0.6) is 5.75 Å². The molecule has 2 rings (SSSR count). The normalized spacial score (nSPS) is 13.0. The fraction of sp³-hybridized carbons (Fsp3) is 0.143. The first kappa shape index (κ1) is 16.0. The van der Waals surface area contributed by atoms with Crippen molar-refractivity contribution in [2.75, 3.05) is 0 Å². The van der Waals surface area contributed by atoms with E-state index in [4.69, 9.17) is 5.73 Å². The molecule has 0 aliphatic heterocycles. The summed E-state index contributed by atoms with van der Waals surface area (Å²) in [5.41, 5.74) is 6.73. The molecule has 0 aliphatic rings. The van der Waals surface area contributed by atoms with Gasteiger partial charge < -0.3 is 10.5 Å². The molecule has 0 saturated carbocycles. The third-order valence-corrected chi connectivity index (χ3v) is 3.44. The molecule has 112 valence electrons. The van der Waals surface area contributed by atoms with Gasteiger partial charge in [-0.2, -0.15) is 0 Å². The van der Waals surface area contributed by atoms with Gasteiger partial charge in [0.15, 0.2) is 0 Å². The summed E-state index contributed by atoms with van der Waals surface area (Å²) >= 11 is 2.03. The van der Waals surface area contributed by atoms with Crippen LogP contribution >= 0.6 is 22.6 Å². The molecule has 0 amide bonds. The van der Waals surface area contributed by atoms with Crippen molar-refractivity contribution in [2.24, 2.45) is 5.73 Å². The summed E-state index contributed by atoms with van der Waals surface area (Å²) in [6, 6.07) is 8.80. The molecule has 1 atom stereocenters. The number of hydrogen-bond donors (Lipinski definition) is 1. The van der Waals surface area contributed by atoms with Crippen molar-refractivity contribution in [2.45, 2.75) is 12.4 Å². The predicted octanol–water partition coefficient (Wildman–Crippen LogP) is 4.38. The maximum absolute atomic E-state index is 13.8. The number of benzene rings is 2. The van der Waals surface area contributed by atoms with Gasteiger partial charge in [-0.25, -0.2) is 4.39 Å². The van der Waals surface area contributed by atoms with E-state index in [0.29, 0.717) is 5.56 Å². The van der Waals surface area contributed by atoms with Crippen molar-refractivity contribution in [3.05, 3.63) is 63.0 Å². The molecular weight excluding hydrogens is 401 g/mol. The highest BCUT2D eigenvalue weighted by atomic mass is 127. The van der Waals surface area contributed by atoms with Crippen LogP contribution in [0.2, 0.25) is 0 Å². The molecule has 0 aliphatic carbocycles. The molecule has 0 bridgehead atoms. The zero-order chi connectivity index (χ0) is 15.6. The smallest absolute Gasteiger partial charge is 0.406 e. The van der Waals surface area contributed by atoms with Gasteiger partial charge in [0, 0.05) is 9.13 Å². The van der Waals surface area contributed by atoms with Gasteiger partial charge in [0.1, 0.15) is 11.6 Å². The Balaban J connectivity index is 2.24. The fourth-order valence-corrected chi connectivity index (χ4v) is 2.32. The molecule has 0 unspecified atom stereocenters. The first-order valence-corrected chi connectivity index (χ1v) is 6.90. The number of ether oxygens (including phenoxy) is 1. The molecule has 2 aromatic carbocycles. The molecule has 21 heavy (non-hydrogen) atoms. The number of alkyl halides is 3. The molecule has 2 aromatic rings. The topological polar surface area (TPSA) is 35.2 Å². The summed E-state index contributed by atoms with van der Waals surface area (Å²) in [6.45, 7) is 0. The maximum Gasteiger partial charge on any atom is 0.573 e. The van der Waals surface area contributed by atoms with E-state index in [2.05, 4.69) is 4.74 Å². The highest BCUT2D eigenvalue weighted by molar-refractivity contribution is 14.1. The summed E-state index contributed by atoms with van der Waals surface area (Å²) in [7, 11) is 0. The van der Waals surface area contributed by atoms with Crippen LogP contribution < -0.4 is 10.5 Å². The van der Waals surface area contributed by atoms with Gasteiger partial charge >= 0.3 is 6.36 Å². The van der Waals surface area contributed by atoms with E-state index >= 15 is 0 Å². The van der Waals surface area contributed by atoms with Crippen molar-refractivity contribution in [3.8, 4) is 5.75 Å². The summed E-state index contributed by atoms with van der Waals surface area (Å²) in [5, 5.41) is 0. The Hall–Kier alpha value is -1.35. The average Bonchev–Trinajstić information content (AvgIpc) is 2.40. The maximum atomic E-state index is 13.8. The lowest BCUT2D eigenvalue weighted by Crippen LogP contribution is -2.17. The quantitative estimate of drug-likeness (QED) is 0.602. The Morgan fingerprint density at radius 1 is 1.05 bits per heavy atom. The van der Waals surface area contributed by atoms with Gasteiger partial charge in [0.2, 0.25) is 0 Å². The van der Waals surface area contributed by atoms with Crippen LogP contribution in [-0.4, -0.2) is 6.36 Å². The minimum atomic E-state index is -4.74. The molecule has 2 nitrogen and oxygen atoms in total. The van der Waals surface area contributed by atoms with Crippen LogP contribution in [0.3, 0.4) is 0 Å². The van der Waals surface area contributed by atoms with Crippen LogP contribution in [0, 0.1) is 9.39 Å². The van der Waals surface area contributed by atoms with Crippen LogP contribution in [-0.2, 0) is 0 Å². The highest BCUT2D eigenvalue weighted by Gasteiger charge is 2.31. The Labute approximate surface area is 132 Å². The first-order chi connectivity index (χ1) is 9.76. The minimum Gasteiger partial charge on any atom is -0.406 e. The summed E-state index contributed by atoms with van der Waals surface area (Å²) in [4.78, 5) is 0. The van der Waals surface area contributed by atoms with E-state index < -0.39 is 18.2 Å². The van der Waals surface area contributed by atoms with Crippen molar-refractivity contribution >= 4 is 22.6 Å². The lowest BCUT2D eigenvalue weighted by molar-refractivity contribution is -0.274. The lowest BCUT2D eigenvalue weighted by atomic mass is 9.99. The number of hydrogen-bond acceptors (Lipinski definition) is 2. The van der Waals surface area contributed by atoms with E-state index in [1.54, 1.807) is 12.1 Å². The summed E-state index contributed by atoms with van der Waals surface area (Å²) in [5.74, 6) is -0.805. The van der Waals surface area contributed by atoms with Crippen molar-refractivity contribution in [1.82, 2.24) is 0 Å². The Kier molecular flexibility index (Phi) is 4.72. The first-order valence-electron chi connectivity index (χ1n) is 5.82. The minimum absolute atomic E-state index is 0.284. The van der Waals surface area contributed by atoms with E-state index in [1.807, 2.05) is 22.6 Å². The number of halogens is 5. The monoisotopic (exact) mass is 411 g/mol.